The number of fused-ring (bicyclic) bond motifs is 1. The number of benzene rings is 1. The lowest BCUT2D eigenvalue weighted by Gasteiger charge is -2.19. The van der Waals surface area contributed by atoms with Crippen LogP contribution in [0.15, 0.2) is 18.2 Å². The van der Waals surface area contributed by atoms with E-state index in [0.29, 0.717) is 12.2 Å². The highest BCUT2D eigenvalue weighted by atomic mass is 35.5. The summed E-state index contributed by atoms with van der Waals surface area (Å²) in [5.74, 6) is -0.475. The summed E-state index contributed by atoms with van der Waals surface area (Å²) in [5.41, 5.74) is 7.20. The second-order valence-electron chi connectivity index (χ2n) is 3.80. The molecule has 0 saturated carbocycles. The summed E-state index contributed by atoms with van der Waals surface area (Å²) in [6, 6.07) is 3.99. The monoisotopic (exact) mass is 244 g/mol. The van der Waals surface area contributed by atoms with Crippen LogP contribution in [0.4, 0.5) is 10.1 Å². The van der Waals surface area contributed by atoms with Crippen molar-refractivity contribution in [2.75, 3.05) is 11.4 Å². The van der Waals surface area contributed by atoms with Crippen molar-refractivity contribution in [1.29, 1.82) is 0 Å². The van der Waals surface area contributed by atoms with Gasteiger partial charge in [-0.05, 0) is 31.0 Å². The number of nitrogens with two attached hydrogens (primary N) is 1. The molecule has 0 saturated heterocycles. The van der Waals surface area contributed by atoms with E-state index in [9.17, 15) is 9.18 Å². The van der Waals surface area contributed by atoms with Crippen molar-refractivity contribution in [3.05, 3.63) is 29.6 Å². The number of rotatable bonds is 1. The summed E-state index contributed by atoms with van der Waals surface area (Å²) in [6.45, 7) is 2.23. The molecule has 0 bridgehead atoms. The molecule has 1 aliphatic rings. The topological polar surface area (TPSA) is 46.3 Å². The van der Waals surface area contributed by atoms with Crippen LogP contribution < -0.4 is 10.6 Å². The molecule has 0 aliphatic carbocycles. The quantitative estimate of drug-likeness (QED) is 0.814. The molecule has 2 N–H and O–H groups in total. The highest BCUT2D eigenvalue weighted by Crippen LogP contribution is 2.28. The number of carbonyl (C=O) groups is 1. The van der Waals surface area contributed by atoms with Crippen LogP contribution in [0.2, 0.25) is 0 Å². The van der Waals surface area contributed by atoms with E-state index in [1.165, 1.54) is 12.1 Å². The number of hydrogen-bond acceptors (Lipinski definition) is 2. The molecule has 1 aromatic rings. The fourth-order valence-corrected chi connectivity index (χ4v) is 1.83. The molecule has 0 aromatic heterocycles. The normalized spacial score (nSPS) is 15.3. The number of nitrogens with zero attached hydrogens (tertiary/aromatic N) is 1. The summed E-state index contributed by atoms with van der Waals surface area (Å²) < 4.78 is 13.0. The molecule has 1 heterocycles. The van der Waals surface area contributed by atoms with Crippen LogP contribution in [-0.4, -0.2) is 18.5 Å². The summed E-state index contributed by atoms with van der Waals surface area (Å²) >= 11 is 0. The van der Waals surface area contributed by atoms with Crippen LogP contribution in [-0.2, 0) is 11.2 Å². The molecule has 0 radical (unpaired) electrons. The van der Waals surface area contributed by atoms with Crippen LogP contribution in [0, 0.1) is 5.82 Å². The SMILES string of the molecule is C[C@H](N)C(=O)N1CCc2ccc(F)cc21.Cl. The molecule has 5 heteroatoms. The first-order valence-electron chi connectivity index (χ1n) is 4.95. The lowest BCUT2D eigenvalue weighted by atomic mass is 10.1. The van der Waals surface area contributed by atoms with Gasteiger partial charge in [0.05, 0.1) is 6.04 Å². The van der Waals surface area contributed by atoms with Crippen molar-refractivity contribution >= 4 is 24.0 Å². The minimum absolute atomic E-state index is 0. The molecular weight excluding hydrogens is 231 g/mol. The largest absolute Gasteiger partial charge is 0.320 e. The third kappa shape index (κ3) is 2.18. The maximum Gasteiger partial charge on any atom is 0.243 e. The Morgan fingerprint density at radius 1 is 1.56 bits per heavy atom. The Bertz CT molecular complexity index is 409. The van der Waals surface area contributed by atoms with Crippen LogP contribution in [0.3, 0.4) is 0 Å². The van der Waals surface area contributed by atoms with Gasteiger partial charge in [0.25, 0.3) is 0 Å². The summed E-state index contributed by atoms with van der Waals surface area (Å²) in [4.78, 5) is 13.3. The van der Waals surface area contributed by atoms with Gasteiger partial charge in [-0.2, -0.15) is 0 Å². The first kappa shape index (κ1) is 12.9. The van der Waals surface area contributed by atoms with Crippen molar-refractivity contribution in [2.45, 2.75) is 19.4 Å². The molecule has 88 valence electrons. The van der Waals surface area contributed by atoms with E-state index in [4.69, 9.17) is 5.73 Å². The van der Waals surface area contributed by atoms with Crippen LogP contribution in [0.1, 0.15) is 12.5 Å². The molecular formula is C11H14ClFN2O. The zero-order valence-corrected chi connectivity index (χ0v) is 9.76. The van der Waals surface area contributed by atoms with Gasteiger partial charge in [0.15, 0.2) is 0 Å². The first-order valence-corrected chi connectivity index (χ1v) is 4.95. The van der Waals surface area contributed by atoms with Crippen molar-refractivity contribution in [2.24, 2.45) is 5.73 Å². The Hall–Kier alpha value is -1.13. The predicted molar refractivity (Wildman–Crippen MR) is 63.4 cm³/mol. The summed E-state index contributed by atoms with van der Waals surface area (Å²) in [7, 11) is 0. The average molecular weight is 245 g/mol. The van der Waals surface area contributed by atoms with Gasteiger partial charge in [-0.25, -0.2) is 4.39 Å². The fourth-order valence-electron chi connectivity index (χ4n) is 1.83. The molecule has 0 spiro atoms. The number of carbonyl (C=O) groups excluding carboxylic acids is 1. The second-order valence-corrected chi connectivity index (χ2v) is 3.80. The summed E-state index contributed by atoms with van der Waals surface area (Å²) in [5, 5.41) is 0. The van der Waals surface area contributed by atoms with Crippen LogP contribution in [0.25, 0.3) is 0 Å². The van der Waals surface area contributed by atoms with E-state index in [-0.39, 0.29) is 24.1 Å². The van der Waals surface area contributed by atoms with Gasteiger partial charge in [0, 0.05) is 12.2 Å². The van der Waals surface area contributed by atoms with Crippen molar-refractivity contribution in [3.63, 3.8) is 0 Å². The molecule has 3 nitrogen and oxygen atoms in total. The lowest BCUT2D eigenvalue weighted by Crippen LogP contribution is -2.41. The minimum Gasteiger partial charge on any atom is -0.320 e. The fraction of sp³-hybridized carbons (Fsp3) is 0.364. The molecule has 1 atom stereocenters. The van der Waals surface area contributed by atoms with E-state index in [2.05, 4.69) is 0 Å². The van der Waals surface area contributed by atoms with Crippen molar-refractivity contribution in [1.82, 2.24) is 0 Å². The van der Waals surface area contributed by atoms with Gasteiger partial charge in [0.1, 0.15) is 5.82 Å². The first-order chi connectivity index (χ1) is 7.09. The molecule has 1 aliphatic heterocycles. The third-order valence-electron chi connectivity index (χ3n) is 2.60. The number of halogens is 2. The van der Waals surface area contributed by atoms with Gasteiger partial charge in [0.2, 0.25) is 5.91 Å². The molecule has 16 heavy (non-hydrogen) atoms. The highest BCUT2D eigenvalue weighted by molar-refractivity contribution is 5.98. The smallest absolute Gasteiger partial charge is 0.243 e. The van der Waals surface area contributed by atoms with E-state index < -0.39 is 6.04 Å². The third-order valence-corrected chi connectivity index (χ3v) is 2.60. The molecule has 2 rings (SSSR count). The Kier molecular flexibility index (Phi) is 3.88. The maximum absolute atomic E-state index is 13.0. The Morgan fingerprint density at radius 3 is 2.88 bits per heavy atom. The maximum atomic E-state index is 13.0. The molecule has 1 amide bonds. The van der Waals surface area contributed by atoms with E-state index in [1.807, 2.05) is 0 Å². The number of anilines is 1. The van der Waals surface area contributed by atoms with Crippen molar-refractivity contribution < 1.29 is 9.18 Å². The van der Waals surface area contributed by atoms with Gasteiger partial charge >= 0.3 is 0 Å². The predicted octanol–water partition coefficient (Wildman–Crippen LogP) is 1.48. The number of amides is 1. The highest BCUT2D eigenvalue weighted by Gasteiger charge is 2.26. The zero-order chi connectivity index (χ0) is 11.0. The average Bonchev–Trinajstić information content (AvgIpc) is 2.59. The number of hydrogen-bond donors (Lipinski definition) is 1. The van der Waals surface area contributed by atoms with Crippen molar-refractivity contribution in [3.8, 4) is 0 Å². The van der Waals surface area contributed by atoms with Crippen LogP contribution in [0.5, 0.6) is 0 Å². The Morgan fingerprint density at radius 2 is 2.25 bits per heavy atom. The molecule has 1 aromatic carbocycles. The Labute approximate surface area is 99.8 Å². The van der Waals surface area contributed by atoms with Gasteiger partial charge in [-0.1, -0.05) is 6.07 Å². The van der Waals surface area contributed by atoms with Gasteiger partial charge in [-0.15, -0.1) is 12.4 Å². The van der Waals surface area contributed by atoms with Gasteiger partial charge < -0.3 is 10.6 Å². The van der Waals surface area contributed by atoms with E-state index >= 15 is 0 Å². The van der Waals surface area contributed by atoms with E-state index in [0.717, 1.165) is 12.0 Å². The molecule has 0 fully saturated rings. The molecule has 0 unspecified atom stereocenters. The zero-order valence-electron chi connectivity index (χ0n) is 8.94. The van der Waals surface area contributed by atoms with E-state index in [1.54, 1.807) is 17.9 Å². The Balaban J connectivity index is 0.00000128. The van der Waals surface area contributed by atoms with Gasteiger partial charge in [-0.3, -0.25) is 4.79 Å². The standard InChI is InChI=1S/C11H13FN2O.ClH/c1-7(13)11(15)14-5-4-8-2-3-9(12)6-10(8)14;/h2-3,6-7H,4-5,13H2,1H3;1H/t7-;/m0./s1. The second kappa shape index (κ2) is 4.80. The van der Waals surface area contributed by atoms with Crippen LogP contribution >= 0.6 is 12.4 Å². The minimum atomic E-state index is -0.542. The lowest BCUT2D eigenvalue weighted by molar-refractivity contribution is -0.119. The summed E-state index contributed by atoms with van der Waals surface area (Å²) in [6.07, 6.45) is 0.772.